The number of nitrogens with one attached hydrogen (secondary N) is 2. The maximum absolute atomic E-state index is 11.3. The number of carbonyl (C=O) groups excluding carboxylic acids is 1. The zero-order chi connectivity index (χ0) is 12.3. The topological polar surface area (TPSA) is 50.4 Å². The van der Waals surface area contributed by atoms with Crippen LogP contribution in [-0.4, -0.2) is 38.8 Å². The molecule has 108 valence electrons. The van der Waals surface area contributed by atoms with E-state index in [0.29, 0.717) is 19.1 Å². The summed E-state index contributed by atoms with van der Waals surface area (Å²) < 4.78 is 4.85. The number of methoxy groups -OCH3 is 1. The molecule has 0 aromatic heterocycles. The zero-order valence-corrected chi connectivity index (χ0v) is 12.2. The Hall–Kier alpha value is -0.320. The molecule has 2 N–H and O–H groups in total. The number of rotatable bonds is 7. The van der Waals surface area contributed by atoms with Crippen LogP contribution >= 0.6 is 12.4 Å². The van der Waals surface area contributed by atoms with Crippen molar-refractivity contribution in [2.45, 2.75) is 51.0 Å². The quantitative estimate of drug-likeness (QED) is 0.552. The molecule has 1 aliphatic rings. The SMILES string of the molecule is COCCC(=O)NCCNC1CCCCCC1.Cl. The molecular weight excluding hydrogens is 252 g/mol. The summed E-state index contributed by atoms with van der Waals surface area (Å²) in [4.78, 5) is 11.3. The first-order valence-corrected chi connectivity index (χ1v) is 6.82. The van der Waals surface area contributed by atoms with Gasteiger partial charge in [0.1, 0.15) is 0 Å². The monoisotopic (exact) mass is 278 g/mol. The van der Waals surface area contributed by atoms with E-state index in [1.165, 1.54) is 38.5 Å². The second-order valence-corrected chi connectivity index (χ2v) is 4.74. The molecule has 1 amide bonds. The summed E-state index contributed by atoms with van der Waals surface area (Å²) in [6.07, 6.45) is 8.49. The average Bonchev–Trinajstić information content (AvgIpc) is 2.60. The van der Waals surface area contributed by atoms with Gasteiger partial charge < -0.3 is 15.4 Å². The smallest absolute Gasteiger partial charge is 0.222 e. The Morgan fingerprint density at radius 3 is 2.44 bits per heavy atom. The van der Waals surface area contributed by atoms with Gasteiger partial charge in [-0.2, -0.15) is 0 Å². The predicted molar refractivity (Wildman–Crippen MR) is 76.2 cm³/mol. The molecule has 0 aliphatic heterocycles. The molecule has 5 heteroatoms. The van der Waals surface area contributed by atoms with Gasteiger partial charge >= 0.3 is 0 Å². The van der Waals surface area contributed by atoms with Crippen molar-refractivity contribution >= 4 is 18.3 Å². The maximum atomic E-state index is 11.3. The molecule has 18 heavy (non-hydrogen) atoms. The normalized spacial score (nSPS) is 16.7. The molecule has 0 aromatic carbocycles. The van der Waals surface area contributed by atoms with Gasteiger partial charge in [0.15, 0.2) is 0 Å². The van der Waals surface area contributed by atoms with Crippen LogP contribution in [0.15, 0.2) is 0 Å². The fourth-order valence-corrected chi connectivity index (χ4v) is 2.24. The van der Waals surface area contributed by atoms with Gasteiger partial charge in [0.05, 0.1) is 6.61 Å². The third-order valence-electron chi connectivity index (χ3n) is 3.27. The van der Waals surface area contributed by atoms with Gasteiger partial charge in [0.25, 0.3) is 0 Å². The van der Waals surface area contributed by atoms with Crippen molar-refractivity contribution in [2.24, 2.45) is 0 Å². The highest BCUT2D eigenvalue weighted by Gasteiger charge is 2.10. The minimum Gasteiger partial charge on any atom is -0.384 e. The van der Waals surface area contributed by atoms with E-state index in [9.17, 15) is 4.79 Å². The average molecular weight is 279 g/mol. The summed E-state index contributed by atoms with van der Waals surface area (Å²) in [6.45, 7) is 2.10. The van der Waals surface area contributed by atoms with Gasteiger partial charge in [-0.3, -0.25) is 4.79 Å². The van der Waals surface area contributed by atoms with Gasteiger partial charge in [0, 0.05) is 32.7 Å². The largest absolute Gasteiger partial charge is 0.384 e. The summed E-state index contributed by atoms with van der Waals surface area (Å²) in [7, 11) is 1.61. The van der Waals surface area contributed by atoms with Crippen molar-refractivity contribution < 1.29 is 9.53 Å². The highest BCUT2D eigenvalue weighted by molar-refractivity contribution is 5.85. The van der Waals surface area contributed by atoms with Crippen LogP contribution in [0.4, 0.5) is 0 Å². The van der Waals surface area contributed by atoms with Gasteiger partial charge in [-0.05, 0) is 12.8 Å². The Bertz CT molecular complexity index is 207. The zero-order valence-electron chi connectivity index (χ0n) is 11.4. The van der Waals surface area contributed by atoms with Crippen LogP contribution in [0.2, 0.25) is 0 Å². The van der Waals surface area contributed by atoms with Crippen LogP contribution in [0.1, 0.15) is 44.9 Å². The Balaban J connectivity index is 0.00000289. The summed E-state index contributed by atoms with van der Waals surface area (Å²) in [6, 6.07) is 0.661. The molecule has 1 rings (SSSR count). The fourth-order valence-electron chi connectivity index (χ4n) is 2.24. The number of carbonyl (C=O) groups is 1. The first-order valence-electron chi connectivity index (χ1n) is 6.82. The molecule has 0 spiro atoms. The van der Waals surface area contributed by atoms with E-state index in [0.717, 1.165) is 13.1 Å². The third kappa shape index (κ3) is 8.72. The second kappa shape index (κ2) is 11.8. The summed E-state index contributed by atoms with van der Waals surface area (Å²) in [5, 5.41) is 6.42. The fraction of sp³-hybridized carbons (Fsp3) is 0.923. The van der Waals surface area contributed by atoms with Crippen LogP contribution < -0.4 is 10.6 Å². The van der Waals surface area contributed by atoms with Crippen molar-refractivity contribution in [3.8, 4) is 0 Å². The third-order valence-corrected chi connectivity index (χ3v) is 3.27. The lowest BCUT2D eigenvalue weighted by atomic mass is 10.1. The first-order chi connectivity index (χ1) is 8.33. The molecule has 4 nitrogen and oxygen atoms in total. The minimum atomic E-state index is 0. The Morgan fingerprint density at radius 2 is 1.83 bits per heavy atom. The van der Waals surface area contributed by atoms with Crippen molar-refractivity contribution in [1.82, 2.24) is 10.6 Å². The number of amides is 1. The number of ether oxygens (including phenoxy) is 1. The van der Waals surface area contributed by atoms with Crippen LogP contribution in [0, 0.1) is 0 Å². The van der Waals surface area contributed by atoms with Gasteiger partial charge in [0.2, 0.25) is 5.91 Å². The van der Waals surface area contributed by atoms with E-state index < -0.39 is 0 Å². The van der Waals surface area contributed by atoms with Gasteiger partial charge in [-0.15, -0.1) is 12.4 Å². The van der Waals surface area contributed by atoms with Gasteiger partial charge in [-0.25, -0.2) is 0 Å². The molecule has 0 bridgehead atoms. The van der Waals surface area contributed by atoms with Gasteiger partial charge in [-0.1, -0.05) is 25.7 Å². The van der Waals surface area contributed by atoms with Crippen LogP contribution in [0.3, 0.4) is 0 Å². The molecule has 0 aromatic rings. The Morgan fingerprint density at radius 1 is 1.17 bits per heavy atom. The highest BCUT2D eigenvalue weighted by atomic mass is 35.5. The van der Waals surface area contributed by atoms with E-state index in [-0.39, 0.29) is 18.3 Å². The molecule has 0 saturated heterocycles. The van der Waals surface area contributed by atoms with Crippen LogP contribution in [-0.2, 0) is 9.53 Å². The van der Waals surface area contributed by atoms with E-state index in [4.69, 9.17) is 4.74 Å². The van der Waals surface area contributed by atoms with Crippen molar-refractivity contribution in [3.63, 3.8) is 0 Å². The van der Waals surface area contributed by atoms with Crippen LogP contribution in [0.5, 0.6) is 0 Å². The summed E-state index contributed by atoms with van der Waals surface area (Å²) >= 11 is 0. The molecule has 0 heterocycles. The van der Waals surface area contributed by atoms with E-state index in [2.05, 4.69) is 10.6 Å². The first kappa shape index (κ1) is 17.7. The maximum Gasteiger partial charge on any atom is 0.222 e. The number of halogens is 1. The summed E-state index contributed by atoms with van der Waals surface area (Å²) in [5.74, 6) is 0.0783. The second-order valence-electron chi connectivity index (χ2n) is 4.74. The van der Waals surface area contributed by atoms with E-state index in [1.807, 2.05) is 0 Å². The predicted octanol–water partition coefficient (Wildman–Crippen LogP) is 1.87. The number of hydrogen-bond acceptors (Lipinski definition) is 3. The van der Waals surface area contributed by atoms with Crippen molar-refractivity contribution in [1.29, 1.82) is 0 Å². The minimum absolute atomic E-state index is 0. The highest BCUT2D eigenvalue weighted by Crippen LogP contribution is 2.16. The van der Waals surface area contributed by atoms with Crippen LogP contribution in [0.25, 0.3) is 0 Å². The number of hydrogen-bond donors (Lipinski definition) is 2. The molecule has 0 atom stereocenters. The molecular formula is C13H27ClN2O2. The Labute approximate surface area is 117 Å². The molecule has 1 saturated carbocycles. The molecule has 1 aliphatic carbocycles. The van der Waals surface area contributed by atoms with Crippen molar-refractivity contribution in [2.75, 3.05) is 26.8 Å². The standard InChI is InChI=1S/C13H26N2O2.ClH/c1-17-11-8-13(16)15-10-9-14-12-6-4-2-3-5-7-12;/h12,14H,2-11H2,1H3,(H,15,16);1H. The van der Waals surface area contributed by atoms with Crippen molar-refractivity contribution in [3.05, 3.63) is 0 Å². The molecule has 1 fully saturated rings. The van der Waals surface area contributed by atoms with E-state index in [1.54, 1.807) is 7.11 Å². The molecule has 0 unspecified atom stereocenters. The lowest BCUT2D eigenvalue weighted by Gasteiger charge is -2.16. The lowest BCUT2D eigenvalue weighted by molar-refractivity contribution is -0.121. The lowest BCUT2D eigenvalue weighted by Crippen LogP contribution is -2.37. The van der Waals surface area contributed by atoms with E-state index >= 15 is 0 Å². The Kier molecular flexibility index (Phi) is 11.5. The summed E-state index contributed by atoms with van der Waals surface area (Å²) in [5.41, 5.74) is 0. The molecule has 0 radical (unpaired) electrons.